The zero-order valence-electron chi connectivity index (χ0n) is 27.2. The van der Waals surface area contributed by atoms with Gasteiger partial charge >= 0.3 is 0 Å². The molecule has 0 bridgehead atoms. The SMILES string of the molecule is Cc1nc(Nc2ncc(C=O)s2)cc(N2CCN(CCCCC(=O)N3CC4(C3)CN(c3ccc(C5CCC(=O)NC5=O)cc3)C4)CC2)n1. The maximum atomic E-state index is 12.9. The van der Waals surface area contributed by atoms with Gasteiger partial charge in [0.25, 0.3) is 0 Å². The second-order valence-corrected chi connectivity index (χ2v) is 14.5. The maximum Gasteiger partial charge on any atom is 0.234 e. The van der Waals surface area contributed by atoms with Crippen molar-refractivity contribution < 1.29 is 19.2 Å². The molecule has 2 aromatic heterocycles. The number of carbonyl (C=O) groups is 4. The van der Waals surface area contributed by atoms with Crippen LogP contribution in [-0.2, 0) is 14.4 Å². The Morgan fingerprint density at radius 1 is 1.04 bits per heavy atom. The average Bonchev–Trinajstić information content (AvgIpc) is 3.50. The third-order valence-electron chi connectivity index (χ3n) is 9.87. The Hall–Kier alpha value is -4.43. The molecule has 0 saturated carbocycles. The van der Waals surface area contributed by atoms with E-state index >= 15 is 0 Å². The highest BCUT2D eigenvalue weighted by molar-refractivity contribution is 7.17. The van der Waals surface area contributed by atoms with Crippen LogP contribution in [0.1, 0.15) is 59.1 Å². The molecule has 6 heterocycles. The molecule has 4 aliphatic rings. The standard InChI is InChI=1S/C34H41N9O4S/c1-23-36-28(38-33-35-17-26(18-44)48-33)16-29(37-23)41-14-12-40(13-15-41)11-3-2-4-31(46)43-21-34(22-43)19-42(20-34)25-7-5-24(6-8-25)27-9-10-30(45)39-32(27)47/h5-8,16-18,27H,2-4,9-15,19-22H2,1H3,(H,39,45,47)(H,35,36,37,38). The molecule has 0 radical (unpaired) electrons. The number of aryl methyl sites for hydroxylation is 1. The van der Waals surface area contributed by atoms with Gasteiger partial charge in [0, 0.05) is 82.4 Å². The van der Waals surface area contributed by atoms with E-state index in [-0.39, 0.29) is 29.1 Å². The van der Waals surface area contributed by atoms with E-state index in [0.717, 1.165) is 95.1 Å². The van der Waals surface area contributed by atoms with Crippen LogP contribution < -0.4 is 20.4 Å². The highest BCUT2D eigenvalue weighted by Gasteiger charge is 2.53. The van der Waals surface area contributed by atoms with Gasteiger partial charge in [-0.15, -0.1) is 0 Å². The Balaban J connectivity index is 0.782. The van der Waals surface area contributed by atoms with Crippen molar-refractivity contribution in [3.05, 3.63) is 52.8 Å². The van der Waals surface area contributed by atoms with Gasteiger partial charge in [0.2, 0.25) is 17.7 Å². The van der Waals surface area contributed by atoms with E-state index < -0.39 is 0 Å². The van der Waals surface area contributed by atoms with Crippen LogP contribution in [0.2, 0.25) is 0 Å². The fraction of sp³-hybridized carbons (Fsp3) is 0.500. The van der Waals surface area contributed by atoms with Crippen LogP contribution >= 0.6 is 11.3 Å². The first-order valence-electron chi connectivity index (χ1n) is 16.7. The first-order valence-corrected chi connectivity index (χ1v) is 17.5. The minimum Gasteiger partial charge on any atom is -0.370 e. The molecule has 1 atom stereocenters. The van der Waals surface area contributed by atoms with Crippen molar-refractivity contribution in [2.24, 2.45) is 5.41 Å². The fourth-order valence-corrected chi connectivity index (χ4v) is 7.91. The van der Waals surface area contributed by atoms with E-state index in [1.54, 1.807) is 6.20 Å². The van der Waals surface area contributed by atoms with Gasteiger partial charge in [-0.3, -0.25) is 29.4 Å². The smallest absolute Gasteiger partial charge is 0.234 e. The Kier molecular flexibility index (Phi) is 9.10. The summed E-state index contributed by atoms with van der Waals surface area (Å²) in [5.74, 6) is 1.83. The predicted octanol–water partition coefficient (Wildman–Crippen LogP) is 2.96. The molecule has 13 nitrogen and oxygen atoms in total. The average molecular weight is 672 g/mol. The topological polar surface area (TPSA) is 144 Å². The normalized spacial score (nSPS) is 20.7. The number of imide groups is 1. The van der Waals surface area contributed by atoms with E-state index in [9.17, 15) is 19.2 Å². The molecule has 14 heteroatoms. The molecule has 7 rings (SSSR count). The van der Waals surface area contributed by atoms with Crippen LogP contribution in [0.5, 0.6) is 0 Å². The molecule has 2 N–H and O–H groups in total. The number of piperidine rings is 1. The van der Waals surface area contributed by atoms with E-state index in [4.69, 9.17) is 0 Å². The number of benzene rings is 1. The van der Waals surface area contributed by atoms with Gasteiger partial charge in [0.15, 0.2) is 11.4 Å². The van der Waals surface area contributed by atoms with Crippen molar-refractivity contribution in [3.63, 3.8) is 0 Å². The number of likely N-dealkylation sites (tertiary alicyclic amines) is 1. The summed E-state index contributed by atoms with van der Waals surface area (Å²) in [4.78, 5) is 70.5. The lowest BCUT2D eigenvalue weighted by atomic mass is 9.72. The molecular formula is C34H41N9O4S. The van der Waals surface area contributed by atoms with Crippen LogP contribution in [-0.4, -0.2) is 108 Å². The number of thiazole rings is 1. The summed E-state index contributed by atoms with van der Waals surface area (Å²) >= 11 is 1.29. The number of aromatic nitrogens is 3. The van der Waals surface area contributed by atoms with Gasteiger partial charge in [0.05, 0.1) is 17.0 Å². The second kappa shape index (κ2) is 13.6. The number of hydrogen-bond donors (Lipinski definition) is 2. The van der Waals surface area contributed by atoms with Crippen LogP contribution in [0, 0.1) is 12.3 Å². The van der Waals surface area contributed by atoms with Crippen molar-refractivity contribution in [1.82, 2.24) is 30.1 Å². The molecule has 1 unspecified atom stereocenters. The third-order valence-corrected chi connectivity index (χ3v) is 10.7. The van der Waals surface area contributed by atoms with Gasteiger partial charge < -0.3 is 20.0 Å². The molecule has 4 aliphatic heterocycles. The zero-order valence-corrected chi connectivity index (χ0v) is 28.0. The Morgan fingerprint density at radius 3 is 2.52 bits per heavy atom. The lowest BCUT2D eigenvalue weighted by Crippen LogP contribution is -2.73. The number of anilines is 4. The minimum atomic E-state index is -0.260. The van der Waals surface area contributed by atoms with E-state index in [1.807, 2.05) is 30.0 Å². The lowest BCUT2D eigenvalue weighted by Gasteiger charge is -2.61. The van der Waals surface area contributed by atoms with Crippen LogP contribution in [0.4, 0.5) is 22.5 Å². The fourth-order valence-electron chi connectivity index (χ4n) is 7.27. The summed E-state index contributed by atoms with van der Waals surface area (Å²) in [6, 6.07) is 10.1. The van der Waals surface area contributed by atoms with Crippen molar-refractivity contribution in [3.8, 4) is 0 Å². The van der Waals surface area contributed by atoms with E-state index in [2.05, 4.69) is 52.4 Å². The summed E-state index contributed by atoms with van der Waals surface area (Å²) in [7, 11) is 0. The first-order chi connectivity index (χ1) is 23.3. The van der Waals surface area contributed by atoms with Crippen LogP contribution in [0.25, 0.3) is 0 Å². The van der Waals surface area contributed by atoms with Gasteiger partial charge in [0.1, 0.15) is 17.5 Å². The monoisotopic (exact) mass is 671 g/mol. The van der Waals surface area contributed by atoms with E-state index in [0.29, 0.717) is 40.9 Å². The number of unbranched alkanes of at least 4 members (excludes halogenated alkanes) is 1. The highest BCUT2D eigenvalue weighted by atomic mass is 32.1. The number of nitrogens with one attached hydrogen (secondary N) is 2. The predicted molar refractivity (Wildman–Crippen MR) is 183 cm³/mol. The highest BCUT2D eigenvalue weighted by Crippen LogP contribution is 2.42. The van der Waals surface area contributed by atoms with Crippen molar-refractivity contribution in [2.45, 2.75) is 44.9 Å². The molecular weight excluding hydrogens is 631 g/mol. The largest absolute Gasteiger partial charge is 0.370 e. The van der Waals surface area contributed by atoms with Crippen molar-refractivity contribution in [1.29, 1.82) is 0 Å². The number of nitrogens with zero attached hydrogens (tertiary/aromatic N) is 7. The number of carbonyl (C=O) groups excluding carboxylic acids is 4. The number of piperazine rings is 1. The molecule has 48 heavy (non-hydrogen) atoms. The number of aldehydes is 1. The maximum absolute atomic E-state index is 12.9. The van der Waals surface area contributed by atoms with Gasteiger partial charge in [-0.25, -0.2) is 15.0 Å². The van der Waals surface area contributed by atoms with Crippen LogP contribution in [0.3, 0.4) is 0 Å². The molecule has 4 fully saturated rings. The molecule has 0 aliphatic carbocycles. The minimum absolute atomic E-state index is 0.192. The summed E-state index contributed by atoms with van der Waals surface area (Å²) in [6.07, 6.45) is 5.78. The summed E-state index contributed by atoms with van der Waals surface area (Å²) in [5, 5.41) is 6.25. The zero-order chi connectivity index (χ0) is 33.3. The molecule has 1 aromatic carbocycles. The summed E-state index contributed by atoms with van der Waals surface area (Å²) < 4.78 is 0. The van der Waals surface area contributed by atoms with Gasteiger partial charge in [-0.2, -0.15) is 0 Å². The van der Waals surface area contributed by atoms with Gasteiger partial charge in [-0.05, 0) is 50.4 Å². The molecule has 3 amide bonds. The Bertz CT molecular complexity index is 1670. The van der Waals surface area contributed by atoms with Crippen molar-refractivity contribution in [2.75, 3.05) is 74.0 Å². The van der Waals surface area contributed by atoms with Crippen molar-refractivity contribution >= 4 is 57.8 Å². The first kappa shape index (κ1) is 32.1. The lowest BCUT2D eigenvalue weighted by molar-refractivity contribution is -0.145. The molecule has 252 valence electrons. The summed E-state index contributed by atoms with van der Waals surface area (Å²) in [6.45, 7) is 10.1. The number of rotatable bonds is 11. The third kappa shape index (κ3) is 7.04. The Labute approximate surface area is 283 Å². The van der Waals surface area contributed by atoms with Crippen LogP contribution in [0.15, 0.2) is 36.5 Å². The van der Waals surface area contributed by atoms with Gasteiger partial charge in [-0.1, -0.05) is 23.5 Å². The number of hydrogen-bond acceptors (Lipinski definition) is 12. The Morgan fingerprint density at radius 2 is 1.81 bits per heavy atom. The summed E-state index contributed by atoms with van der Waals surface area (Å²) in [5.41, 5.74) is 2.29. The molecule has 4 saturated heterocycles. The molecule has 3 aromatic rings. The van der Waals surface area contributed by atoms with E-state index in [1.165, 1.54) is 11.3 Å². The number of amides is 3. The quantitative estimate of drug-likeness (QED) is 0.176. The molecule has 1 spiro atoms. The second-order valence-electron chi connectivity index (χ2n) is 13.5.